The Bertz CT molecular complexity index is 813. The topological polar surface area (TPSA) is 63.6 Å². The summed E-state index contributed by atoms with van der Waals surface area (Å²) < 4.78 is 35.3. The molecule has 0 saturated heterocycles. The molecule has 4 nitrogen and oxygen atoms in total. The lowest BCUT2D eigenvalue weighted by atomic mass is 10.0. The van der Waals surface area contributed by atoms with Crippen LogP contribution in [-0.2, 0) is 9.53 Å². The normalized spacial score (nSPS) is 12.5. The van der Waals surface area contributed by atoms with E-state index in [0.29, 0.717) is 3.57 Å². The van der Waals surface area contributed by atoms with Crippen LogP contribution in [0.2, 0.25) is 0 Å². The van der Waals surface area contributed by atoms with Gasteiger partial charge in [0.2, 0.25) is 6.10 Å². The number of esters is 1. The third-order valence-electron chi connectivity index (χ3n) is 3.15. The largest absolute Gasteiger partial charge is 0.477 e. The molecule has 2 rings (SSSR count). The van der Waals surface area contributed by atoms with Gasteiger partial charge in [0.15, 0.2) is 0 Å². The van der Waals surface area contributed by atoms with Crippen molar-refractivity contribution in [3.05, 3.63) is 64.3 Å². The van der Waals surface area contributed by atoms with Crippen LogP contribution in [0, 0.1) is 10.7 Å². The van der Waals surface area contributed by atoms with E-state index in [0.717, 1.165) is 7.14 Å². The average molecular weight is 684 g/mol. The molecule has 25 heavy (non-hydrogen) atoms. The number of halogens is 5. The molecule has 9 heteroatoms. The molecule has 132 valence electrons. The minimum atomic E-state index is -4.27. The third kappa shape index (κ3) is 4.78. The lowest BCUT2D eigenvalue weighted by molar-refractivity contribution is -0.183. The van der Waals surface area contributed by atoms with Gasteiger partial charge in [-0.15, -0.1) is 0 Å². The summed E-state index contributed by atoms with van der Waals surface area (Å²) in [6.07, 6.45) is -2.23. The Morgan fingerprint density at radius 3 is 2.24 bits per heavy atom. The van der Waals surface area contributed by atoms with Crippen LogP contribution in [0.25, 0.3) is 0 Å². The molecule has 1 atom stereocenters. The second-order valence-corrected chi connectivity index (χ2v) is 8.36. The molecule has 2 aromatic rings. The zero-order chi connectivity index (χ0) is 18.8. The second kappa shape index (κ2) is 8.41. The number of carbonyl (C=O) groups is 2. The first-order valence-corrected chi connectivity index (χ1v) is 9.90. The maximum absolute atomic E-state index is 14.2. The quantitative estimate of drug-likeness (QED) is 0.270. The summed E-state index contributed by atoms with van der Waals surface area (Å²) in [5, 5.41) is 8.85. The Kier molecular flexibility index (Phi) is 6.98. The van der Waals surface area contributed by atoms with Crippen molar-refractivity contribution >= 4 is 79.7 Å². The minimum Gasteiger partial charge on any atom is -0.477 e. The van der Waals surface area contributed by atoms with E-state index in [1.54, 1.807) is 6.07 Å². The number of hydrogen-bond acceptors (Lipinski definition) is 3. The highest BCUT2D eigenvalue weighted by molar-refractivity contribution is 14.1. The Morgan fingerprint density at radius 1 is 1.08 bits per heavy atom. The van der Waals surface area contributed by atoms with Crippen molar-refractivity contribution in [1.82, 2.24) is 0 Å². The van der Waals surface area contributed by atoms with Gasteiger partial charge in [-0.2, -0.15) is 8.78 Å². The Hall–Kier alpha value is -0.570. The van der Waals surface area contributed by atoms with Gasteiger partial charge < -0.3 is 9.84 Å². The summed E-state index contributed by atoms with van der Waals surface area (Å²) in [5.41, 5.74) is 0.0117. The molecule has 0 bridgehead atoms. The van der Waals surface area contributed by atoms with Gasteiger partial charge in [0.05, 0.1) is 5.56 Å². The van der Waals surface area contributed by atoms with Crippen molar-refractivity contribution in [3.63, 3.8) is 0 Å². The molecule has 2 aromatic carbocycles. The number of rotatable bonds is 5. The van der Waals surface area contributed by atoms with Crippen LogP contribution in [0.15, 0.2) is 42.5 Å². The van der Waals surface area contributed by atoms with Crippen molar-refractivity contribution in [3.8, 4) is 0 Å². The van der Waals surface area contributed by atoms with Crippen LogP contribution in [0.1, 0.15) is 22.0 Å². The van der Waals surface area contributed by atoms with Gasteiger partial charge in [-0.1, -0.05) is 30.3 Å². The standard InChI is InChI=1S/C16H9F2I3O4/c17-16(18,15(23)24)13(8-4-2-1-3-5-8)25-14(22)10-6-9(19)7-11(20)12(10)21/h1-7,13H,(H,23,24). The van der Waals surface area contributed by atoms with E-state index in [4.69, 9.17) is 9.84 Å². The molecular formula is C16H9F2I3O4. The molecule has 0 aromatic heterocycles. The fraction of sp³-hybridized carbons (Fsp3) is 0.125. The zero-order valence-electron chi connectivity index (χ0n) is 12.2. The molecule has 1 unspecified atom stereocenters. The van der Waals surface area contributed by atoms with Crippen molar-refractivity contribution < 1.29 is 28.2 Å². The van der Waals surface area contributed by atoms with Crippen molar-refractivity contribution in [2.45, 2.75) is 12.0 Å². The molecule has 0 radical (unpaired) electrons. The Balaban J connectivity index is 2.44. The number of hydrogen-bond donors (Lipinski definition) is 1. The summed E-state index contributed by atoms with van der Waals surface area (Å²) in [6.45, 7) is 0. The predicted molar refractivity (Wildman–Crippen MR) is 112 cm³/mol. The molecule has 0 heterocycles. The lowest BCUT2D eigenvalue weighted by Crippen LogP contribution is -2.38. The van der Waals surface area contributed by atoms with Gasteiger partial charge >= 0.3 is 17.9 Å². The van der Waals surface area contributed by atoms with Crippen molar-refractivity contribution in [1.29, 1.82) is 0 Å². The molecule has 1 N–H and O–H groups in total. The molecule has 0 aliphatic heterocycles. The maximum Gasteiger partial charge on any atom is 0.382 e. The number of carboxylic acids is 1. The first-order valence-electron chi connectivity index (χ1n) is 6.66. The van der Waals surface area contributed by atoms with Gasteiger partial charge in [0.25, 0.3) is 0 Å². The van der Waals surface area contributed by atoms with Gasteiger partial charge in [0, 0.05) is 10.7 Å². The fourth-order valence-electron chi connectivity index (χ4n) is 1.97. The fourth-order valence-corrected chi connectivity index (χ4v) is 4.34. The van der Waals surface area contributed by atoms with E-state index < -0.39 is 24.0 Å². The summed E-state index contributed by atoms with van der Waals surface area (Å²) in [4.78, 5) is 23.4. The average Bonchev–Trinajstić information content (AvgIpc) is 2.56. The van der Waals surface area contributed by atoms with Gasteiger partial charge in [-0.05, 0) is 85.5 Å². The van der Waals surface area contributed by atoms with Gasteiger partial charge in [0.1, 0.15) is 0 Å². The summed E-state index contributed by atoms with van der Waals surface area (Å²) in [5.74, 6) is -7.63. The highest BCUT2D eigenvalue weighted by Gasteiger charge is 2.51. The van der Waals surface area contributed by atoms with Gasteiger partial charge in [-0.25, -0.2) is 9.59 Å². The SMILES string of the molecule is O=C(OC(c1ccccc1)C(F)(F)C(=O)O)c1cc(I)cc(I)c1I. The van der Waals surface area contributed by atoms with Gasteiger partial charge in [-0.3, -0.25) is 0 Å². The van der Waals surface area contributed by atoms with E-state index in [2.05, 4.69) is 0 Å². The van der Waals surface area contributed by atoms with Crippen LogP contribution >= 0.6 is 67.8 Å². The van der Waals surface area contributed by atoms with E-state index in [9.17, 15) is 18.4 Å². The van der Waals surface area contributed by atoms with Crippen molar-refractivity contribution in [2.24, 2.45) is 0 Å². The van der Waals surface area contributed by atoms with Crippen molar-refractivity contribution in [2.75, 3.05) is 0 Å². The highest BCUT2D eigenvalue weighted by atomic mass is 127. The molecular weight excluding hydrogens is 675 g/mol. The predicted octanol–water partition coefficient (Wildman–Crippen LogP) is 5.12. The smallest absolute Gasteiger partial charge is 0.382 e. The summed E-state index contributed by atoms with van der Waals surface area (Å²) in [7, 11) is 0. The van der Waals surface area contributed by atoms with E-state index in [1.807, 2.05) is 73.8 Å². The highest BCUT2D eigenvalue weighted by Crippen LogP contribution is 2.36. The van der Waals surface area contributed by atoms with E-state index in [-0.39, 0.29) is 11.1 Å². The zero-order valence-corrected chi connectivity index (χ0v) is 18.7. The Labute approximate surface area is 182 Å². The summed E-state index contributed by atoms with van der Waals surface area (Å²) >= 11 is 5.93. The number of carbonyl (C=O) groups excluding carboxylic acids is 1. The summed E-state index contributed by atoms with van der Waals surface area (Å²) in [6, 6.07) is 10.4. The number of alkyl halides is 2. The second-order valence-electron chi connectivity index (χ2n) is 4.87. The monoisotopic (exact) mass is 684 g/mol. The molecule has 0 saturated carbocycles. The molecule has 0 fully saturated rings. The molecule has 0 aliphatic rings. The third-order valence-corrected chi connectivity index (χ3v) is 6.82. The van der Waals surface area contributed by atoms with Crippen LogP contribution in [-0.4, -0.2) is 23.0 Å². The van der Waals surface area contributed by atoms with E-state index in [1.165, 1.54) is 30.3 Å². The Morgan fingerprint density at radius 2 is 1.68 bits per heavy atom. The van der Waals surface area contributed by atoms with Crippen LogP contribution < -0.4 is 0 Å². The van der Waals surface area contributed by atoms with E-state index >= 15 is 0 Å². The molecule has 0 aliphatic carbocycles. The first-order chi connectivity index (χ1) is 11.6. The first kappa shape index (κ1) is 20.7. The lowest BCUT2D eigenvalue weighted by Gasteiger charge is -2.24. The maximum atomic E-state index is 14.2. The number of benzene rings is 2. The molecule has 0 spiro atoms. The van der Waals surface area contributed by atoms with Crippen LogP contribution in [0.5, 0.6) is 0 Å². The van der Waals surface area contributed by atoms with Crippen LogP contribution in [0.3, 0.4) is 0 Å². The van der Waals surface area contributed by atoms with Crippen LogP contribution in [0.4, 0.5) is 8.78 Å². The number of aliphatic carboxylic acids is 1. The number of carboxylic acid groups (broad SMARTS) is 1. The number of ether oxygens (including phenoxy) is 1. The minimum absolute atomic E-state index is 0.0985. The molecule has 0 amide bonds.